The zero-order valence-electron chi connectivity index (χ0n) is 6.01. The van der Waals surface area contributed by atoms with Gasteiger partial charge in [-0.1, -0.05) is 0 Å². The van der Waals surface area contributed by atoms with E-state index in [9.17, 15) is 0 Å². The number of rotatable bonds is 4. The maximum absolute atomic E-state index is 8.48. The summed E-state index contributed by atoms with van der Waals surface area (Å²) in [5.74, 6) is 0. The Morgan fingerprint density at radius 3 is 3.00 bits per heavy atom. The molecule has 0 bridgehead atoms. The fourth-order valence-electron chi connectivity index (χ4n) is 0.750. The summed E-state index contributed by atoms with van der Waals surface area (Å²) in [4.78, 5) is 0. The van der Waals surface area contributed by atoms with Crippen molar-refractivity contribution in [3.05, 3.63) is 20.8 Å². The lowest BCUT2D eigenvalue weighted by molar-refractivity contribution is 0.292. The second-order valence-electron chi connectivity index (χ2n) is 2.16. The average Bonchev–Trinajstić information content (AvgIpc) is 2.37. The molecule has 0 amide bonds. The summed E-state index contributed by atoms with van der Waals surface area (Å²) in [7, 11) is 0. The Morgan fingerprint density at radius 1 is 1.64 bits per heavy atom. The number of halogens is 1. The van der Waals surface area contributed by atoms with Gasteiger partial charge in [0, 0.05) is 13.1 Å². The highest BCUT2D eigenvalue weighted by molar-refractivity contribution is 9.11. The van der Waals surface area contributed by atoms with E-state index in [2.05, 4.69) is 32.7 Å². The first kappa shape index (κ1) is 9.19. The van der Waals surface area contributed by atoms with Crippen LogP contribution in [0.4, 0.5) is 0 Å². The molecule has 4 heteroatoms. The molecule has 1 aromatic heterocycles. The molecule has 1 rings (SSSR count). The molecule has 1 heterocycles. The molecule has 0 aromatic carbocycles. The quantitative estimate of drug-likeness (QED) is 0.778. The van der Waals surface area contributed by atoms with Crippen LogP contribution in [0.25, 0.3) is 0 Å². The Bertz CT molecular complexity index is 214. The van der Waals surface area contributed by atoms with Crippen molar-refractivity contribution in [3.8, 4) is 0 Å². The van der Waals surface area contributed by atoms with Crippen LogP contribution in [0.3, 0.4) is 0 Å². The van der Waals surface area contributed by atoms with Gasteiger partial charge in [-0.25, -0.2) is 0 Å². The third kappa shape index (κ3) is 3.33. The molecule has 2 N–H and O–H groups in total. The molecule has 2 nitrogen and oxygen atoms in total. The second-order valence-corrected chi connectivity index (χ2v) is 4.45. The maximum atomic E-state index is 8.48. The monoisotopic (exact) mass is 235 g/mol. The maximum Gasteiger partial charge on any atom is 0.0701 e. The molecule has 62 valence electrons. The molecule has 0 spiro atoms. The van der Waals surface area contributed by atoms with Crippen LogP contribution in [-0.2, 0) is 6.54 Å². The highest BCUT2D eigenvalue weighted by Gasteiger charge is 1.94. The van der Waals surface area contributed by atoms with Crippen LogP contribution in [0, 0.1) is 0 Å². The molecule has 0 radical (unpaired) electrons. The van der Waals surface area contributed by atoms with Crippen LogP contribution in [0.5, 0.6) is 0 Å². The summed E-state index contributed by atoms with van der Waals surface area (Å²) in [6.45, 7) is 1.70. The van der Waals surface area contributed by atoms with E-state index in [1.165, 1.54) is 5.56 Å². The summed E-state index contributed by atoms with van der Waals surface area (Å²) >= 11 is 5.06. The van der Waals surface area contributed by atoms with Crippen molar-refractivity contribution in [3.63, 3.8) is 0 Å². The van der Waals surface area contributed by atoms with Gasteiger partial charge in [0.1, 0.15) is 0 Å². The lowest BCUT2D eigenvalue weighted by atomic mass is 10.3. The van der Waals surface area contributed by atoms with Gasteiger partial charge in [-0.05, 0) is 32.9 Å². The van der Waals surface area contributed by atoms with Crippen molar-refractivity contribution in [1.82, 2.24) is 5.32 Å². The van der Waals surface area contributed by atoms with Crippen molar-refractivity contribution in [1.29, 1.82) is 0 Å². The lowest BCUT2D eigenvalue weighted by Gasteiger charge is -1.97. The molecule has 0 fully saturated rings. The number of hydrogen-bond donors (Lipinski definition) is 2. The van der Waals surface area contributed by atoms with Gasteiger partial charge in [0.05, 0.1) is 10.4 Å². The van der Waals surface area contributed by atoms with E-state index in [1.54, 1.807) is 11.3 Å². The highest BCUT2D eigenvalue weighted by Crippen LogP contribution is 2.20. The van der Waals surface area contributed by atoms with Gasteiger partial charge in [0.25, 0.3) is 0 Å². The van der Waals surface area contributed by atoms with Crippen LogP contribution in [0.15, 0.2) is 15.2 Å². The Hall–Kier alpha value is 0.100. The zero-order valence-corrected chi connectivity index (χ0v) is 8.41. The van der Waals surface area contributed by atoms with Gasteiger partial charge in [-0.3, -0.25) is 0 Å². The van der Waals surface area contributed by atoms with E-state index < -0.39 is 0 Å². The molecule has 0 atom stereocenters. The van der Waals surface area contributed by atoms with Gasteiger partial charge in [-0.2, -0.15) is 0 Å². The highest BCUT2D eigenvalue weighted by atomic mass is 79.9. The van der Waals surface area contributed by atoms with Crippen molar-refractivity contribution < 1.29 is 5.11 Å². The largest absolute Gasteiger partial charge is 0.395 e. The number of aliphatic hydroxyl groups excluding tert-OH is 1. The van der Waals surface area contributed by atoms with Crippen molar-refractivity contribution >= 4 is 27.3 Å². The fourth-order valence-corrected chi connectivity index (χ4v) is 1.96. The van der Waals surface area contributed by atoms with Crippen LogP contribution in [-0.4, -0.2) is 18.3 Å². The smallest absolute Gasteiger partial charge is 0.0701 e. The predicted molar refractivity (Wildman–Crippen MR) is 50.8 cm³/mol. The third-order valence-electron chi connectivity index (χ3n) is 1.24. The number of aliphatic hydroxyl groups is 1. The molecule has 11 heavy (non-hydrogen) atoms. The van der Waals surface area contributed by atoms with Crippen molar-refractivity contribution in [2.24, 2.45) is 0 Å². The van der Waals surface area contributed by atoms with E-state index in [4.69, 9.17) is 5.11 Å². The first-order valence-corrected chi connectivity index (χ1v) is 5.04. The predicted octanol–water partition coefficient (Wildman–Crippen LogP) is 1.59. The van der Waals surface area contributed by atoms with E-state index in [0.29, 0.717) is 6.54 Å². The zero-order chi connectivity index (χ0) is 8.10. The summed E-state index contributed by atoms with van der Waals surface area (Å²) in [5, 5.41) is 13.7. The molecule has 0 saturated heterocycles. The van der Waals surface area contributed by atoms with E-state index in [-0.39, 0.29) is 6.61 Å². The van der Waals surface area contributed by atoms with Gasteiger partial charge in [-0.15, -0.1) is 11.3 Å². The van der Waals surface area contributed by atoms with Crippen LogP contribution >= 0.6 is 27.3 Å². The van der Waals surface area contributed by atoms with Crippen LogP contribution < -0.4 is 5.32 Å². The molecule has 0 unspecified atom stereocenters. The topological polar surface area (TPSA) is 32.3 Å². The minimum Gasteiger partial charge on any atom is -0.395 e. The molecule has 1 aromatic rings. The lowest BCUT2D eigenvalue weighted by Crippen LogP contribution is -2.16. The molecular formula is C7H10BrNOS. The molecule has 0 saturated carbocycles. The Kier molecular flexibility index (Phi) is 4.07. The van der Waals surface area contributed by atoms with Gasteiger partial charge < -0.3 is 10.4 Å². The Labute approximate surface area is 78.4 Å². The molecule has 0 aliphatic rings. The van der Waals surface area contributed by atoms with Crippen LogP contribution in [0.2, 0.25) is 0 Å². The summed E-state index contributed by atoms with van der Waals surface area (Å²) < 4.78 is 1.15. The van der Waals surface area contributed by atoms with Crippen LogP contribution in [0.1, 0.15) is 5.56 Å². The molecule has 0 aliphatic heterocycles. The fraction of sp³-hybridized carbons (Fsp3) is 0.429. The Balaban J connectivity index is 2.27. The average molecular weight is 236 g/mol. The normalized spacial score (nSPS) is 10.4. The number of thiophene rings is 1. The number of hydrogen-bond acceptors (Lipinski definition) is 3. The first-order chi connectivity index (χ1) is 5.33. The van der Waals surface area contributed by atoms with E-state index in [0.717, 1.165) is 10.3 Å². The third-order valence-corrected chi connectivity index (χ3v) is 2.79. The molecule has 0 aliphatic carbocycles. The first-order valence-electron chi connectivity index (χ1n) is 3.37. The standard InChI is InChI=1S/C7H10BrNOS/c8-7-3-6(5-11-7)4-9-1-2-10/h3,5,9-10H,1-2,4H2. The molecular weight excluding hydrogens is 226 g/mol. The SMILES string of the molecule is OCCNCc1csc(Br)c1. The van der Waals surface area contributed by atoms with Gasteiger partial charge in [0.15, 0.2) is 0 Å². The number of nitrogens with one attached hydrogen (secondary N) is 1. The van der Waals surface area contributed by atoms with E-state index >= 15 is 0 Å². The summed E-state index contributed by atoms with van der Waals surface area (Å²) in [5.41, 5.74) is 1.26. The van der Waals surface area contributed by atoms with Crippen molar-refractivity contribution in [2.45, 2.75) is 6.54 Å². The summed E-state index contributed by atoms with van der Waals surface area (Å²) in [6, 6.07) is 2.08. The van der Waals surface area contributed by atoms with Gasteiger partial charge in [0.2, 0.25) is 0 Å². The summed E-state index contributed by atoms with van der Waals surface area (Å²) in [6.07, 6.45) is 0. The Morgan fingerprint density at radius 2 is 2.45 bits per heavy atom. The minimum atomic E-state index is 0.200. The van der Waals surface area contributed by atoms with Crippen molar-refractivity contribution in [2.75, 3.05) is 13.2 Å². The second kappa shape index (κ2) is 4.87. The van der Waals surface area contributed by atoms with E-state index in [1.807, 2.05) is 0 Å². The minimum absolute atomic E-state index is 0.200. The van der Waals surface area contributed by atoms with Gasteiger partial charge >= 0.3 is 0 Å².